The molecule has 1 atom stereocenters. The predicted octanol–water partition coefficient (Wildman–Crippen LogP) is 2.43. The predicted molar refractivity (Wildman–Crippen MR) is 103 cm³/mol. The van der Waals surface area contributed by atoms with Crippen LogP contribution in [0.25, 0.3) is 0 Å². The number of hydrogen-bond donors (Lipinski definition) is 0. The second kappa shape index (κ2) is 7.90. The van der Waals surface area contributed by atoms with E-state index in [1.54, 1.807) is 23.2 Å². The second-order valence-corrected chi connectivity index (χ2v) is 7.38. The molecule has 0 unspecified atom stereocenters. The summed E-state index contributed by atoms with van der Waals surface area (Å²) in [6.45, 7) is 7.85. The molecule has 1 saturated heterocycles. The van der Waals surface area contributed by atoms with E-state index in [1.165, 1.54) is 5.56 Å². The topological polar surface area (TPSA) is 71.3 Å². The van der Waals surface area contributed by atoms with Crippen LogP contribution in [0.1, 0.15) is 44.5 Å². The first-order valence-electron chi connectivity index (χ1n) is 9.42. The van der Waals surface area contributed by atoms with Crippen molar-refractivity contribution in [2.45, 2.75) is 46.2 Å². The molecule has 0 saturated carbocycles. The SMILES string of the molecule is CCn1cnnc1CN(C)C(=O)[C@@H]1CC(=O)N(c2ccc(C(C)C)cc2)C1. The third kappa shape index (κ3) is 4.02. The van der Waals surface area contributed by atoms with E-state index in [4.69, 9.17) is 0 Å². The van der Waals surface area contributed by atoms with Gasteiger partial charge in [-0.3, -0.25) is 9.59 Å². The van der Waals surface area contributed by atoms with Gasteiger partial charge in [-0.15, -0.1) is 10.2 Å². The van der Waals surface area contributed by atoms with Crippen molar-refractivity contribution in [3.63, 3.8) is 0 Å². The van der Waals surface area contributed by atoms with Crippen LogP contribution < -0.4 is 4.90 Å². The zero-order valence-corrected chi connectivity index (χ0v) is 16.4. The molecule has 144 valence electrons. The molecule has 1 aromatic heterocycles. The third-order valence-corrected chi connectivity index (χ3v) is 5.14. The van der Waals surface area contributed by atoms with Crippen LogP contribution in [0.15, 0.2) is 30.6 Å². The van der Waals surface area contributed by atoms with E-state index in [0.717, 1.165) is 18.1 Å². The van der Waals surface area contributed by atoms with Gasteiger partial charge in [0.05, 0.1) is 12.5 Å². The van der Waals surface area contributed by atoms with E-state index in [1.807, 2.05) is 35.8 Å². The first kappa shape index (κ1) is 19.1. The maximum absolute atomic E-state index is 12.8. The lowest BCUT2D eigenvalue weighted by Crippen LogP contribution is -2.35. The Morgan fingerprint density at radius 3 is 2.63 bits per heavy atom. The summed E-state index contributed by atoms with van der Waals surface area (Å²) in [5.74, 6) is 0.830. The maximum atomic E-state index is 12.8. The molecule has 0 spiro atoms. The number of nitrogens with zero attached hydrogens (tertiary/aromatic N) is 5. The summed E-state index contributed by atoms with van der Waals surface area (Å²) in [6.07, 6.45) is 1.91. The minimum absolute atomic E-state index is 0.00391. The Balaban J connectivity index is 1.66. The number of aromatic nitrogens is 3. The van der Waals surface area contributed by atoms with E-state index in [9.17, 15) is 9.59 Å². The molecular formula is C20H27N5O2. The van der Waals surface area contributed by atoms with Crippen molar-refractivity contribution in [2.24, 2.45) is 5.92 Å². The molecule has 1 fully saturated rings. The minimum atomic E-state index is -0.328. The third-order valence-electron chi connectivity index (χ3n) is 5.14. The molecule has 7 nitrogen and oxygen atoms in total. The van der Waals surface area contributed by atoms with Crippen molar-refractivity contribution in [1.29, 1.82) is 0 Å². The Kier molecular flexibility index (Phi) is 5.58. The number of rotatable bonds is 6. The van der Waals surface area contributed by atoms with E-state index in [2.05, 4.69) is 24.0 Å². The summed E-state index contributed by atoms with van der Waals surface area (Å²) in [6, 6.07) is 8.03. The van der Waals surface area contributed by atoms with Crippen LogP contribution in [-0.2, 0) is 22.7 Å². The molecule has 27 heavy (non-hydrogen) atoms. The summed E-state index contributed by atoms with van der Waals surface area (Å²) in [7, 11) is 1.75. The zero-order valence-electron chi connectivity index (χ0n) is 16.4. The van der Waals surface area contributed by atoms with Crippen LogP contribution in [0.3, 0.4) is 0 Å². The Labute approximate surface area is 160 Å². The van der Waals surface area contributed by atoms with E-state index < -0.39 is 0 Å². The average Bonchev–Trinajstić information content (AvgIpc) is 3.27. The first-order valence-corrected chi connectivity index (χ1v) is 9.42. The number of amides is 2. The van der Waals surface area contributed by atoms with Gasteiger partial charge in [0.2, 0.25) is 11.8 Å². The van der Waals surface area contributed by atoms with Gasteiger partial charge in [0.1, 0.15) is 6.33 Å². The molecule has 1 aliphatic rings. The fourth-order valence-electron chi connectivity index (χ4n) is 3.43. The normalized spacial score (nSPS) is 17.0. The quantitative estimate of drug-likeness (QED) is 0.784. The molecule has 2 heterocycles. The standard InChI is InChI=1S/C20H27N5O2/c1-5-24-13-21-22-18(24)12-23(4)20(27)16-10-19(26)25(11-16)17-8-6-15(7-9-17)14(2)3/h6-9,13-14,16H,5,10-12H2,1-4H3/t16-/m1/s1. The minimum Gasteiger partial charge on any atom is -0.338 e. The highest BCUT2D eigenvalue weighted by Gasteiger charge is 2.36. The number of anilines is 1. The van der Waals surface area contributed by atoms with Gasteiger partial charge in [-0.1, -0.05) is 26.0 Å². The summed E-state index contributed by atoms with van der Waals surface area (Å²) in [4.78, 5) is 28.7. The van der Waals surface area contributed by atoms with Gasteiger partial charge in [0.15, 0.2) is 5.82 Å². The Bertz CT molecular complexity index is 812. The van der Waals surface area contributed by atoms with Gasteiger partial charge in [0, 0.05) is 32.2 Å². The number of aryl methyl sites for hydroxylation is 1. The lowest BCUT2D eigenvalue weighted by atomic mass is 10.0. The van der Waals surface area contributed by atoms with Gasteiger partial charge in [0.25, 0.3) is 0 Å². The van der Waals surface area contributed by atoms with Gasteiger partial charge < -0.3 is 14.4 Å². The molecule has 2 aromatic rings. The highest BCUT2D eigenvalue weighted by molar-refractivity contribution is 6.00. The van der Waals surface area contributed by atoms with Gasteiger partial charge in [-0.2, -0.15) is 0 Å². The van der Waals surface area contributed by atoms with Crippen LogP contribution in [0.4, 0.5) is 5.69 Å². The van der Waals surface area contributed by atoms with E-state index in [0.29, 0.717) is 19.0 Å². The molecule has 7 heteroatoms. The van der Waals surface area contributed by atoms with Crippen molar-refractivity contribution in [1.82, 2.24) is 19.7 Å². The fourth-order valence-corrected chi connectivity index (χ4v) is 3.43. The first-order chi connectivity index (χ1) is 12.9. The Hall–Kier alpha value is -2.70. The number of benzene rings is 1. The summed E-state index contributed by atoms with van der Waals surface area (Å²) in [5.41, 5.74) is 2.09. The highest BCUT2D eigenvalue weighted by atomic mass is 16.2. The number of hydrogen-bond acceptors (Lipinski definition) is 4. The fraction of sp³-hybridized carbons (Fsp3) is 0.500. The van der Waals surface area contributed by atoms with Gasteiger partial charge in [-0.25, -0.2) is 0 Å². The Morgan fingerprint density at radius 1 is 1.30 bits per heavy atom. The lowest BCUT2D eigenvalue weighted by molar-refractivity contribution is -0.135. The lowest BCUT2D eigenvalue weighted by Gasteiger charge is -2.21. The van der Waals surface area contributed by atoms with Crippen molar-refractivity contribution in [2.75, 3.05) is 18.5 Å². The van der Waals surface area contributed by atoms with Crippen LogP contribution in [0, 0.1) is 5.92 Å². The van der Waals surface area contributed by atoms with Crippen LogP contribution in [0.5, 0.6) is 0 Å². The Morgan fingerprint density at radius 2 is 2.00 bits per heavy atom. The summed E-state index contributed by atoms with van der Waals surface area (Å²) in [5, 5.41) is 7.98. The smallest absolute Gasteiger partial charge is 0.228 e. The molecule has 0 aliphatic carbocycles. The summed E-state index contributed by atoms with van der Waals surface area (Å²) >= 11 is 0. The van der Waals surface area contributed by atoms with Crippen molar-refractivity contribution in [3.05, 3.63) is 42.0 Å². The molecule has 1 aromatic carbocycles. The van der Waals surface area contributed by atoms with E-state index in [-0.39, 0.29) is 24.2 Å². The zero-order chi connectivity index (χ0) is 19.6. The number of carbonyl (C=O) groups is 2. The largest absolute Gasteiger partial charge is 0.338 e. The molecule has 0 N–H and O–H groups in total. The van der Waals surface area contributed by atoms with Crippen molar-refractivity contribution in [3.8, 4) is 0 Å². The van der Waals surface area contributed by atoms with E-state index >= 15 is 0 Å². The second-order valence-electron chi connectivity index (χ2n) is 7.38. The molecule has 2 amide bonds. The monoisotopic (exact) mass is 369 g/mol. The number of carbonyl (C=O) groups excluding carboxylic acids is 2. The van der Waals surface area contributed by atoms with Gasteiger partial charge >= 0.3 is 0 Å². The summed E-state index contributed by atoms with van der Waals surface area (Å²) < 4.78 is 1.91. The molecule has 0 radical (unpaired) electrons. The van der Waals surface area contributed by atoms with Crippen LogP contribution >= 0.6 is 0 Å². The molecular weight excluding hydrogens is 342 g/mol. The average molecular weight is 369 g/mol. The molecule has 3 rings (SSSR count). The van der Waals surface area contributed by atoms with Crippen LogP contribution in [0.2, 0.25) is 0 Å². The molecule has 0 bridgehead atoms. The van der Waals surface area contributed by atoms with Crippen LogP contribution in [-0.4, -0.2) is 45.1 Å². The van der Waals surface area contributed by atoms with Crippen molar-refractivity contribution >= 4 is 17.5 Å². The van der Waals surface area contributed by atoms with Crippen molar-refractivity contribution < 1.29 is 9.59 Å². The maximum Gasteiger partial charge on any atom is 0.228 e. The van der Waals surface area contributed by atoms with Gasteiger partial charge in [-0.05, 0) is 30.5 Å². The highest BCUT2D eigenvalue weighted by Crippen LogP contribution is 2.28. The molecule has 1 aliphatic heterocycles.